The monoisotopic (exact) mass is 233 g/mol. The molecule has 0 aliphatic heterocycles. The highest BCUT2D eigenvalue weighted by molar-refractivity contribution is 6.35. The molecule has 0 aliphatic carbocycles. The number of hydrogen-bond donors (Lipinski definition) is 3. The Balaban J connectivity index is 2.71. The molecule has 0 saturated heterocycles. The molecule has 0 saturated carbocycles. The molecule has 0 atom stereocenters. The van der Waals surface area contributed by atoms with Crippen LogP contribution in [0.1, 0.15) is 0 Å². The highest BCUT2D eigenvalue weighted by atomic mass is 35.5. The van der Waals surface area contributed by atoms with Gasteiger partial charge >= 0.3 is 0 Å². The third-order valence-electron chi connectivity index (χ3n) is 1.41. The van der Waals surface area contributed by atoms with Crippen molar-refractivity contribution in [3.8, 4) is 0 Å². The highest BCUT2D eigenvalue weighted by Gasteiger charge is 2.02. The maximum Gasteiger partial charge on any atom is 0.239 e. The standard InChI is InChI=1S/C8H9Cl2N3O/c9-5-1-6(10)3-7(2-5)13-8(14)4-12-11/h1-3,12H,4,11H2,(H,13,14). The van der Waals surface area contributed by atoms with E-state index in [-0.39, 0.29) is 12.5 Å². The lowest BCUT2D eigenvalue weighted by Gasteiger charge is -2.05. The predicted octanol–water partition coefficient (Wildman–Crippen LogP) is 1.40. The van der Waals surface area contributed by atoms with E-state index in [2.05, 4.69) is 10.7 Å². The zero-order valence-electron chi connectivity index (χ0n) is 7.18. The molecule has 1 aromatic carbocycles. The summed E-state index contributed by atoms with van der Waals surface area (Å²) in [6, 6.07) is 4.78. The fraction of sp³-hybridized carbons (Fsp3) is 0.125. The predicted molar refractivity (Wildman–Crippen MR) is 57.3 cm³/mol. The van der Waals surface area contributed by atoms with E-state index < -0.39 is 0 Å². The Labute approximate surface area is 91.3 Å². The molecule has 14 heavy (non-hydrogen) atoms. The molecule has 0 aliphatic rings. The van der Waals surface area contributed by atoms with Crippen LogP contribution in [0.4, 0.5) is 5.69 Å². The molecule has 4 nitrogen and oxygen atoms in total. The zero-order chi connectivity index (χ0) is 10.6. The quantitative estimate of drug-likeness (QED) is 0.547. The van der Waals surface area contributed by atoms with Gasteiger partial charge in [-0.05, 0) is 18.2 Å². The number of halogens is 2. The molecular formula is C8H9Cl2N3O. The maximum absolute atomic E-state index is 11.1. The second-order valence-corrected chi connectivity index (χ2v) is 3.46. The summed E-state index contributed by atoms with van der Waals surface area (Å²) in [5.41, 5.74) is 2.78. The Morgan fingerprint density at radius 1 is 1.29 bits per heavy atom. The number of anilines is 1. The molecule has 6 heteroatoms. The molecule has 0 fully saturated rings. The van der Waals surface area contributed by atoms with E-state index in [1.807, 2.05) is 0 Å². The van der Waals surface area contributed by atoms with Crippen LogP contribution in [0.3, 0.4) is 0 Å². The minimum Gasteiger partial charge on any atom is -0.325 e. The lowest BCUT2D eigenvalue weighted by Crippen LogP contribution is -2.32. The Morgan fingerprint density at radius 3 is 2.36 bits per heavy atom. The molecule has 76 valence electrons. The average molecular weight is 234 g/mol. The van der Waals surface area contributed by atoms with Crippen LogP contribution in [0.25, 0.3) is 0 Å². The maximum atomic E-state index is 11.1. The van der Waals surface area contributed by atoms with E-state index in [4.69, 9.17) is 29.0 Å². The second-order valence-electron chi connectivity index (χ2n) is 2.59. The largest absolute Gasteiger partial charge is 0.325 e. The number of nitrogens with one attached hydrogen (secondary N) is 2. The first-order chi connectivity index (χ1) is 6.61. The fourth-order valence-corrected chi connectivity index (χ4v) is 1.45. The molecule has 0 unspecified atom stereocenters. The van der Waals surface area contributed by atoms with Gasteiger partial charge in [0.1, 0.15) is 0 Å². The van der Waals surface area contributed by atoms with Crippen LogP contribution in [0.5, 0.6) is 0 Å². The van der Waals surface area contributed by atoms with Crippen LogP contribution in [-0.4, -0.2) is 12.5 Å². The van der Waals surface area contributed by atoms with Gasteiger partial charge in [-0.3, -0.25) is 16.1 Å². The molecular weight excluding hydrogens is 225 g/mol. The van der Waals surface area contributed by atoms with Crippen molar-refractivity contribution in [2.24, 2.45) is 5.84 Å². The van der Waals surface area contributed by atoms with Gasteiger partial charge in [-0.1, -0.05) is 23.2 Å². The Kier molecular flexibility index (Phi) is 4.16. The van der Waals surface area contributed by atoms with Gasteiger partial charge in [-0.15, -0.1) is 0 Å². The second kappa shape index (κ2) is 5.17. The van der Waals surface area contributed by atoms with E-state index in [1.165, 1.54) is 0 Å². The Hall–Kier alpha value is -0.810. The highest BCUT2D eigenvalue weighted by Crippen LogP contribution is 2.22. The van der Waals surface area contributed by atoms with E-state index in [0.717, 1.165) is 0 Å². The normalized spacial score (nSPS) is 9.93. The van der Waals surface area contributed by atoms with Crippen LogP contribution < -0.4 is 16.6 Å². The van der Waals surface area contributed by atoms with E-state index in [0.29, 0.717) is 15.7 Å². The third kappa shape index (κ3) is 3.51. The van der Waals surface area contributed by atoms with Crippen LogP contribution >= 0.6 is 23.2 Å². The number of rotatable bonds is 3. The smallest absolute Gasteiger partial charge is 0.239 e. The summed E-state index contributed by atoms with van der Waals surface area (Å²) in [6.07, 6.45) is 0. The number of nitrogens with two attached hydrogens (primary N) is 1. The van der Waals surface area contributed by atoms with Crippen molar-refractivity contribution in [1.82, 2.24) is 5.43 Å². The molecule has 0 radical (unpaired) electrons. The van der Waals surface area contributed by atoms with Crippen molar-refractivity contribution in [2.45, 2.75) is 0 Å². The van der Waals surface area contributed by atoms with Crippen molar-refractivity contribution < 1.29 is 4.79 Å². The first kappa shape index (κ1) is 11.3. The first-order valence-corrected chi connectivity index (χ1v) is 4.57. The molecule has 1 rings (SSSR count). The molecule has 0 heterocycles. The SMILES string of the molecule is NNCC(=O)Nc1cc(Cl)cc(Cl)c1. The van der Waals surface area contributed by atoms with E-state index >= 15 is 0 Å². The van der Waals surface area contributed by atoms with Crippen molar-refractivity contribution in [2.75, 3.05) is 11.9 Å². The summed E-state index contributed by atoms with van der Waals surface area (Å²) >= 11 is 11.5. The van der Waals surface area contributed by atoms with Crippen LogP contribution in [0.2, 0.25) is 10.0 Å². The lowest BCUT2D eigenvalue weighted by molar-refractivity contribution is -0.115. The molecule has 4 N–H and O–H groups in total. The summed E-state index contributed by atoms with van der Waals surface area (Å²) in [4.78, 5) is 11.1. The van der Waals surface area contributed by atoms with Gasteiger partial charge in [0.05, 0.1) is 6.54 Å². The van der Waals surface area contributed by atoms with Crippen molar-refractivity contribution in [3.05, 3.63) is 28.2 Å². The van der Waals surface area contributed by atoms with Crippen molar-refractivity contribution >= 4 is 34.8 Å². The minimum atomic E-state index is -0.258. The van der Waals surface area contributed by atoms with Gasteiger partial charge < -0.3 is 5.32 Å². The minimum absolute atomic E-state index is 0.0319. The molecule has 1 aromatic rings. The van der Waals surface area contributed by atoms with Crippen LogP contribution in [0.15, 0.2) is 18.2 Å². The number of hydrogen-bond acceptors (Lipinski definition) is 3. The van der Waals surface area contributed by atoms with E-state index in [1.54, 1.807) is 18.2 Å². The van der Waals surface area contributed by atoms with Crippen molar-refractivity contribution in [1.29, 1.82) is 0 Å². The van der Waals surface area contributed by atoms with Gasteiger partial charge in [-0.25, -0.2) is 0 Å². The number of amides is 1. The summed E-state index contributed by atoms with van der Waals surface area (Å²) in [5, 5.41) is 3.51. The fourth-order valence-electron chi connectivity index (χ4n) is 0.924. The van der Waals surface area contributed by atoms with Gasteiger partial charge in [0.25, 0.3) is 0 Å². The van der Waals surface area contributed by atoms with Gasteiger partial charge in [-0.2, -0.15) is 0 Å². The third-order valence-corrected chi connectivity index (χ3v) is 1.85. The number of carbonyl (C=O) groups excluding carboxylic acids is 1. The van der Waals surface area contributed by atoms with Crippen LogP contribution in [0, 0.1) is 0 Å². The molecule has 0 spiro atoms. The average Bonchev–Trinajstić information content (AvgIpc) is 2.01. The molecule has 0 aromatic heterocycles. The van der Waals surface area contributed by atoms with Crippen LogP contribution in [-0.2, 0) is 4.79 Å². The first-order valence-electron chi connectivity index (χ1n) is 3.81. The molecule has 0 bridgehead atoms. The number of hydrazine groups is 1. The van der Waals surface area contributed by atoms with E-state index in [9.17, 15) is 4.79 Å². The number of carbonyl (C=O) groups is 1. The van der Waals surface area contributed by atoms with Gasteiger partial charge in [0.15, 0.2) is 0 Å². The zero-order valence-corrected chi connectivity index (χ0v) is 8.69. The van der Waals surface area contributed by atoms with Gasteiger partial charge in [0, 0.05) is 15.7 Å². The lowest BCUT2D eigenvalue weighted by atomic mass is 10.3. The topological polar surface area (TPSA) is 67.1 Å². The molecule has 1 amide bonds. The number of benzene rings is 1. The summed E-state index contributed by atoms with van der Waals surface area (Å²) < 4.78 is 0. The van der Waals surface area contributed by atoms with Crippen molar-refractivity contribution in [3.63, 3.8) is 0 Å². The summed E-state index contributed by atoms with van der Waals surface area (Å²) in [6.45, 7) is 0.0319. The van der Waals surface area contributed by atoms with Gasteiger partial charge in [0.2, 0.25) is 5.91 Å². The Bertz CT molecular complexity index is 323. The Morgan fingerprint density at radius 2 is 1.86 bits per heavy atom. The summed E-state index contributed by atoms with van der Waals surface area (Å²) in [5.74, 6) is 4.72. The summed E-state index contributed by atoms with van der Waals surface area (Å²) in [7, 11) is 0.